The summed E-state index contributed by atoms with van der Waals surface area (Å²) in [5.74, 6) is 3.56. The van der Waals surface area contributed by atoms with Gasteiger partial charge < -0.3 is 0 Å². The van der Waals surface area contributed by atoms with Crippen LogP contribution in [0.3, 0.4) is 0 Å². The van der Waals surface area contributed by atoms with Gasteiger partial charge in [0.1, 0.15) is 0 Å². The van der Waals surface area contributed by atoms with E-state index in [0.717, 1.165) is 12.1 Å². The second kappa shape index (κ2) is 6.32. The zero-order chi connectivity index (χ0) is 16.6. The van der Waals surface area contributed by atoms with E-state index in [1.165, 1.54) is 33.8 Å². The predicted molar refractivity (Wildman–Crippen MR) is 105 cm³/mol. The molecule has 0 bridgehead atoms. The average Bonchev–Trinajstić information content (AvgIpc) is 3.32. The van der Waals surface area contributed by atoms with Crippen molar-refractivity contribution in [1.29, 1.82) is 0 Å². The van der Waals surface area contributed by atoms with Crippen LogP contribution in [0.2, 0.25) is 0 Å². The molecule has 1 aliphatic rings. The van der Waals surface area contributed by atoms with Crippen LogP contribution >= 0.6 is 10.9 Å². The molecule has 0 radical (unpaired) electrons. The van der Waals surface area contributed by atoms with E-state index in [9.17, 15) is 0 Å². The number of aromatic nitrogens is 1. The minimum atomic E-state index is 0.197. The summed E-state index contributed by atoms with van der Waals surface area (Å²) in [6.45, 7) is 11.6. The lowest BCUT2D eigenvalue weighted by Crippen LogP contribution is -2.15. The van der Waals surface area contributed by atoms with Crippen LogP contribution in [0, 0.1) is 12.8 Å². The fraction of sp³-hybridized carbons (Fsp3) is 0.476. The van der Waals surface area contributed by atoms with Crippen molar-refractivity contribution in [3.8, 4) is 11.3 Å². The lowest BCUT2D eigenvalue weighted by atomic mass is 9.97. The van der Waals surface area contributed by atoms with Crippen molar-refractivity contribution in [2.45, 2.75) is 45.8 Å². The Labute approximate surface area is 143 Å². The first-order chi connectivity index (χ1) is 10.9. The van der Waals surface area contributed by atoms with Gasteiger partial charge in [-0.25, -0.2) is 10.9 Å². The Kier molecular flexibility index (Phi) is 4.55. The van der Waals surface area contributed by atoms with Gasteiger partial charge in [-0.2, -0.15) is 0 Å². The minimum absolute atomic E-state index is 0.197. The van der Waals surface area contributed by atoms with Crippen LogP contribution in [0.1, 0.15) is 44.4 Å². The first-order valence-electron chi connectivity index (χ1n) is 8.69. The topological polar surface area (TPSA) is 12.9 Å². The number of hydrogen-bond acceptors (Lipinski definition) is 1. The summed E-state index contributed by atoms with van der Waals surface area (Å²) < 4.78 is 0.325. The van der Waals surface area contributed by atoms with Crippen molar-refractivity contribution >= 4 is 10.9 Å². The molecule has 0 amide bonds. The van der Waals surface area contributed by atoms with Gasteiger partial charge in [-0.3, -0.25) is 4.98 Å². The van der Waals surface area contributed by atoms with E-state index in [-0.39, 0.29) is 10.9 Å². The molecule has 0 saturated carbocycles. The second-order valence-corrected chi connectivity index (χ2v) is 10.8. The van der Waals surface area contributed by atoms with Crippen molar-refractivity contribution in [3.05, 3.63) is 53.2 Å². The molecule has 2 aromatic rings. The highest BCUT2D eigenvalue weighted by molar-refractivity contribution is 8.23. The molecular weight excluding hydrogens is 298 g/mol. The monoisotopic (exact) mass is 327 g/mol. The molecule has 0 N–H and O–H groups in total. The standard InChI is InChI=1S/C21H29NS/c1-15(2)12-17-6-8-18(9-7-17)20-13-16(3)19(14-22-20)21(4,5)23-10-11-23/h6-9,13-15,23H,10-12H2,1-5H3. The zero-order valence-electron chi connectivity index (χ0n) is 15.1. The van der Waals surface area contributed by atoms with Crippen molar-refractivity contribution in [1.82, 2.24) is 4.98 Å². The summed E-state index contributed by atoms with van der Waals surface area (Å²) in [4.78, 5) is 4.79. The summed E-state index contributed by atoms with van der Waals surface area (Å²) in [5, 5.41) is 0. The number of rotatable bonds is 5. The van der Waals surface area contributed by atoms with E-state index in [0.29, 0.717) is 10.7 Å². The molecule has 0 unspecified atom stereocenters. The molecule has 1 fully saturated rings. The summed E-state index contributed by atoms with van der Waals surface area (Å²) in [7, 11) is 0.197. The summed E-state index contributed by atoms with van der Waals surface area (Å²) in [6.07, 6.45) is 3.27. The number of aryl methyl sites for hydroxylation is 1. The third-order valence-corrected chi connectivity index (χ3v) is 7.62. The average molecular weight is 328 g/mol. The Morgan fingerprint density at radius 1 is 1.13 bits per heavy atom. The second-order valence-electron chi connectivity index (χ2n) is 7.73. The van der Waals surface area contributed by atoms with E-state index in [1.54, 1.807) is 0 Å². The van der Waals surface area contributed by atoms with Gasteiger partial charge in [0.25, 0.3) is 0 Å². The van der Waals surface area contributed by atoms with Crippen molar-refractivity contribution < 1.29 is 0 Å². The Hall–Kier alpha value is -1.28. The molecule has 1 nitrogen and oxygen atoms in total. The maximum absolute atomic E-state index is 4.79. The number of pyridine rings is 1. The minimum Gasteiger partial charge on any atom is -0.256 e. The molecule has 3 rings (SSSR count). The van der Waals surface area contributed by atoms with Crippen molar-refractivity contribution in [3.63, 3.8) is 0 Å². The maximum Gasteiger partial charge on any atom is 0.0704 e. The lowest BCUT2D eigenvalue weighted by molar-refractivity contribution is 0.647. The highest BCUT2D eigenvalue weighted by atomic mass is 32.2. The molecule has 2 heteroatoms. The highest BCUT2D eigenvalue weighted by Crippen LogP contribution is 2.58. The normalized spacial score (nSPS) is 16.0. The van der Waals surface area contributed by atoms with Crippen LogP contribution < -0.4 is 0 Å². The SMILES string of the molecule is Cc1cc(-c2ccc(CC(C)C)cc2)ncc1C(C)(C)[SH]1CC1. The van der Waals surface area contributed by atoms with Crippen LogP contribution in [-0.2, 0) is 11.2 Å². The van der Waals surface area contributed by atoms with Gasteiger partial charge >= 0.3 is 0 Å². The maximum atomic E-state index is 4.79. The molecule has 1 aromatic heterocycles. The van der Waals surface area contributed by atoms with Crippen LogP contribution in [-0.4, -0.2) is 16.5 Å². The van der Waals surface area contributed by atoms with Gasteiger partial charge in [-0.1, -0.05) is 38.1 Å². The molecule has 1 saturated heterocycles. The fourth-order valence-electron chi connectivity index (χ4n) is 3.42. The first-order valence-corrected chi connectivity index (χ1v) is 10.4. The molecule has 1 aromatic carbocycles. The third kappa shape index (κ3) is 3.63. The Morgan fingerprint density at radius 2 is 1.78 bits per heavy atom. The molecule has 0 atom stereocenters. The highest BCUT2D eigenvalue weighted by Gasteiger charge is 2.36. The molecule has 2 heterocycles. The summed E-state index contributed by atoms with van der Waals surface area (Å²) in [5.41, 5.74) is 6.57. The smallest absolute Gasteiger partial charge is 0.0704 e. The van der Waals surface area contributed by atoms with E-state index < -0.39 is 0 Å². The van der Waals surface area contributed by atoms with E-state index in [2.05, 4.69) is 71.1 Å². The quantitative estimate of drug-likeness (QED) is 0.565. The van der Waals surface area contributed by atoms with E-state index in [4.69, 9.17) is 4.98 Å². The fourth-order valence-corrected chi connectivity index (χ4v) is 5.51. The van der Waals surface area contributed by atoms with Gasteiger partial charge in [-0.05, 0) is 67.4 Å². The van der Waals surface area contributed by atoms with E-state index in [1.807, 2.05) is 0 Å². The Bertz CT molecular complexity index is 681. The van der Waals surface area contributed by atoms with Gasteiger partial charge in [0.15, 0.2) is 0 Å². The predicted octanol–water partition coefficient (Wildman–Crippen LogP) is 5.51. The van der Waals surface area contributed by atoms with Crippen LogP contribution in [0.5, 0.6) is 0 Å². The molecular formula is C21H29NS. The summed E-state index contributed by atoms with van der Waals surface area (Å²) >= 11 is 0. The Morgan fingerprint density at radius 3 is 2.30 bits per heavy atom. The van der Waals surface area contributed by atoms with Crippen LogP contribution in [0.25, 0.3) is 11.3 Å². The molecule has 1 aliphatic heterocycles. The largest absolute Gasteiger partial charge is 0.256 e. The molecule has 0 spiro atoms. The lowest BCUT2D eigenvalue weighted by Gasteiger charge is -2.28. The number of benzene rings is 1. The first kappa shape index (κ1) is 16.6. The van der Waals surface area contributed by atoms with Gasteiger partial charge in [0.2, 0.25) is 0 Å². The molecule has 0 aliphatic carbocycles. The number of nitrogens with zero attached hydrogens (tertiary/aromatic N) is 1. The van der Waals surface area contributed by atoms with E-state index >= 15 is 0 Å². The molecule has 124 valence electrons. The number of thiol groups is 1. The van der Waals surface area contributed by atoms with Gasteiger partial charge in [0.05, 0.1) is 5.69 Å². The van der Waals surface area contributed by atoms with Gasteiger partial charge in [-0.15, -0.1) is 0 Å². The van der Waals surface area contributed by atoms with Crippen LogP contribution in [0.4, 0.5) is 0 Å². The van der Waals surface area contributed by atoms with Crippen molar-refractivity contribution in [2.75, 3.05) is 11.5 Å². The molecule has 23 heavy (non-hydrogen) atoms. The number of hydrogen-bond donors (Lipinski definition) is 1. The van der Waals surface area contributed by atoms with Crippen LogP contribution in [0.15, 0.2) is 36.5 Å². The third-order valence-electron chi connectivity index (χ3n) is 4.90. The van der Waals surface area contributed by atoms with Gasteiger partial charge in [0, 0.05) is 16.5 Å². The zero-order valence-corrected chi connectivity index (χ0v) is 16.0. The Balaban J connectivity index is 1.85. The summed E-state index contributed by atoms with van der Waals surface area (Å²) in [6, 6.07) is 11.2. The van der Waals surface area contributed by atoms with Crippen molar-refractivity contribution in [2.24, 2.45) is 5.92 Å².